The van der Waals surface area contributed by atoms with Gasteiger partial charge < -0.3 is 20.1 Å². The zero-order valence-electron chi connectivity index (χ0n) is 15.5. The van der Waals surface area contributed by atoms with E-state index in [-0.39, 0.29) is 22.8 Å². The fraction of sp³-hybridized carbons (Fsp3) is 0.150. The van der Waals surface area contributed by atoms with E-state index in [1.54, 1.807) is 0 Å². The van der Waals surface area contributed by atoms with Crippen LogP contribution in [0, 0.1) is 11.6 Å². The smallest absolute Gasteiger partial charge is 0.341 e. The first-order valence-corrected chi connectivity index (χ1v) is 8.95. The number of hydrogen-bond donors (Lipinski definition) is 3. The molecule has 0 fully saturated rings. The highest BCUT2D eigenvalue weighted by molar-refractivity contribution is 6.31. The molecule has 0 spiro atoms. The molecule has 30 heavy (non-hydrogen) atoms. The summed E-state index contributed by atoms with van der Waals surface area (Å²) in [6, 6.07) is 6.24. The topological polar surface area (TPSA) is 108 Å². The van der Waals surface area contributed by atoms with Gasteiger partial charge in [-0.1, -0.05) is 11.6 Å². The van der Waals surface area contributed by atoms with Crippen molar-refractivity contribution in [2.45, 2.75) is 13.0 Å². The molecule has 1 heterocycles. The highest BCUT2D eigenvalue weighted by atomic mass is 35.5. The van der Waals surface area contributed by atoms with Gasteiger partial charge in [0.1, 0.15) is 11.4 Å². The highest BCUT2D eigenvalue weighted by Crippen LogP contribution is 2.24. The van der Waals surface area contributed by atoms with Gasteiger partial charge in [-0.25, -0.2) is 13.6 Å². The number of aromatic amines is 1. The van der Waals surface area contributed by atoms with Gasteiger partial charge in [-0.2, -0.15) is 0 Å². The summed E-state index contributed by atoms with van der Waals surface area (Å²) >= 11 is 6.05. The maximum absolute atomic E-state index is 14.2. The molecule has 0 aliphatic rings. The highest BCUT2D eigenvalue weighted by Gasteiger charge is 2.18. The molecule has 2 aromatic carbocycles. The van der Waals surface area contributed by atoms with Crippen molar-refractivity contribution in [3.05, 3.63) is 74.0 Å². The normalized spacial score (nSPS) is 10.8. The van der Waals surface area contributed by atoms with Crippen LogP contribution in [-0.2, 0) is 17.8 Å². The summed E-state index contributed by atoms with van der Waals surface area (Å²) in [6.45, 7) is -0.120. The number of benzene rings is 2. The number of carboxylic acid groups (broad SMARTS) is 1. The Balaban J connectivity index is 1.86. The molecular weight excluding hydrogens is 422 g/mol. The van der Waals surface area contributed by atoms with Gasteiger partial charge in [0.25, 0.3) is 5.56 Å². The minimum Gasteiger partial charge on any atom is -0.494 e. The molecule has 7 nitrogen and oxygen atoms in total. The summed E-state index contributed by atoms with van der Waals surface area (Å²) in [6.07, 6.45) is -0.576. The van der Waals surface area contributed by atoms with Gasteiger partial charge in [0.15, 0.2) is 11.6 Å². The van der Waals surface area contributed by atoms with E-state index in [2.05, 4.69) is 10.3 Å². The number of H-pyrrole nitrogens is 1. The van der Waals surface area contributed by atoms with E-state index in [9.17, 15) is 23.2 Å². The van der Waals surface area contributed by atoms with Crippen molar-refractivity contribution in [1.29, 1.82) is 0 Å². The molecule has 156 valence electrons. The van der Waals surface area contributed by atoms with Gasteiger partial charge in [-0.05, 0) is 35.9 Å². The number of amides is 1. The molecule has 0 radical (unpaired) electrons. The molecule has 1 aromatic heterocycles. The number of halogens is 3. The number of pyridine rings is 1. The minimum absolute atomic E-state index is 0.120. The quantitative estimate of drug-likeness (QED) is 0.550. The average molecular weight is 437 g/mol. The van der Waals surface area contributed by atoms with Gasteiger partial charge in [0.2, 0.25) is 5.91 Å². The lowest BCUT2D eigenvalue weighted by Gasteiger charge is -2.11. The van der Waals surface area contributed by atoms with E-state index in [1.165, 1.54) is 25.3 Å². The summed E-state index contributed by atoms with van der Waals surface area (Å²) in [7, 11) is 1.22. The van der Waals surface area contributed by atoms with Crippen LogP contribution < -0.4 is 15.6 Å². The van der Waals surface area contributed by atoms with E-state index >= 15 is 0 Å². The van der Waals surface area contributed by atoms with Crippen molar-refractivity contribution >= 4 is 34.4 Å². The number of hydrogen-bond acceptors (Lipinski definition) is 4. The van der Waals surface area contributed by atoms with Crippen LogP contribution in [0.5, 0.6) is 5.75 Å². The van der Waals surface area contributed by atoms with E-state index < -0.39 is 46.6 Å². The number of nitrogens with one attached hydrogen (secondary N) is 2. The number of carbonyl (C=O) groups is 2. The molecular formula is C20H15ClF2N2O5. The Morgan fingerprint density at radius 3 is 2.63 bits per heavy atom. The van der Waals surface area contributed by atoms with Crippen molar-refractivity contribution in [3.63, 3.8) is 0 Å². The number of carbonyl (C=O) groups excluding carboxylic acids is 1. The van der Waals surface area contributed by atoms with E-state index in [4.69, 9.17) is 21.4 Å². The average Bonchev–Trinajstić information content (AvgIpc) is 2.69. The van der Waals surface area contributed by atoms with Gasteiger partial charge in [-0.3, -0.25) is 9.59 Å². The maximum Gasteiger partial charge on any atom is 0.341 e. The third-order valence-electron chi connectivity index (χ3n) is 4.41. The van der Waals surface area contributed by atoms with Crippen molar-refractivity contribution in [2.75, 3.05) is 7.11 Å². The van der Waals surface area contributed by atoms with Crippen molar-refractivity contribution < 1.29 is 28.2 Å². The summed E-state index contributed by atoms with van der Waals surface area (Å²) < 4.78 is 32.9. The first-order chi connectivity index (χ1) is 14.2. The summed E-state index contributed by atoms with van der Waals surface area (Å²) in [5, 5.41) is 12.2. The number of aromatic nitrogens is 1. The van der Waals surface area contributed by atoms with Crippen molar-refractivity contribution in [2.24, 2.45) is 0 Å². The number of methoxy groups -OCH3 is 1. The predicted molar refractivity (Wildman–Crippen MR) is 105 cm³/mol. The second kappa shape index (κ2) is 8.50. The number of ether oxygens (including phenoxy) is 1. The van der Waals surface area contributed by atoms with Crippen LogP contribution in [0.1, 0.15) is 21.5 Å². The molecule has 0 saturated heterocycles. The van der Waals surface area contributed by atoms with E-state index in [0.29, 0.717) is 10.9 Å². The van der Waals surface area contributed by atoms with Gasteiger partial charge in [0, 0.05) is 22.5 Å². The Morgan fingerprint density at radius 1 is 1.23 bits per heavy atom. The van der Waals surface area contributed by atoms with Gasteiger partial charge in [-0.15, -0.1) is 0 Å². The van der Waals surface area contributed by atoms with Gasteiger partial charge >= 0.3 is 5.97 Å². The molecule has 0 bridgehead atoms. The Bertz CT molecular complexity index is 1230. The molecule has 0 aliphatic heterocycles. The third-order valence-corrected chi connectivity index (χ3v) is 4.63. The fourth-order valence-corrected chi connectivity index (χ4v) is 3.21. The molecule has 1 amide bonds. The van der Waals surface area contributed by atoms with Crippen molar-refractivity contribution in [1.82, 2.24) is 10.3 Å². The summed E-state index contributed by atoms with van der Waals surface area (Å²) in [5.41, 5.74) is -1.03. The standard InChI is InChI=1S/C20H15ClF2N2O5/c1-30-15-3-2-14(22)12(17(15)23)7-16(26)24-8-10-5-11(21)4-9-6-13(20(28)29)19(27)25-18(9)10/h2-6H,7-8H2,1H3,(H,24,26)(H,25,27)(H,28,29). The Morgan fingerprint density at radius 2 is 1.97 bits per heavy atom. The van der Waals surface area contributed by atoms with Crippen LogP contribution >= 0.6 is 11.6 Å². The molecule has 0 unspecified atom stereocenters. The van der Waals surface area contributed by atoms with E-state index in [0.717, 1.165) is 12.1 Å². The molecule has 3 N–H and O–H groups in total. The second-order valence-electron chi connectivity index (χ2n) is 6.34. The third kappa shape index (κ3) is 4.25. The monoisotopic (exact) mass is 436 g/mol. The molecule has 0 saturated carbocycles. The molecule has 3 aromatic rings. The van der Waals surface area contributed by atoms with Gasteiger partial charge in [0.05, 0.1) is 19.0 Å². The van der Waals surface area contributed by atoms with Crippen LogP contribution in [0.15, 0.2) is 35.1 Å². The number of aromatic carboxylic acids is 1. The summed E-state index contributed by atoms with van der Waals surface area (Å²) in [4.78, 5) is 37.8. The van der Waals surface area contributed by atoms with Crippen LogP contribution in [0.4, 0.5) is 8.78 Å². The number of fused-ring (bicyclic) bond motifs is 1. The predicted octanol–water partition coefficient (Wildman–Crippen LogP) is 3.03. The number of rotatable bonds is 6. The van der Waals surface area contributed by atoms with Crippen LogP contribution in [0.3, 0.4) is 0 Å². The van der Waals surface area contributed by atoms with Crippen LogP contribution in [0.2, 0.25) is 5.02 Å². The second-order valence-corrected chi connectivity index (χ2v) is 6.78. The largest absolute Gasteiger partial charge is 0.494 e. The molecule has 10 heteroatoms. The number of carboxylic acids is 1. The van der Waals surface area contributed by atoms with Crippen LogP contribution in [-0.4, -0.2) is 29.1 Å². The molecule has 3 rings (SSSR count). The molecule has 0 aliphatic carbocycles. The first kappa shape index (κ1) is 21.3. The lowest BCUT2D eigenvalue weighted by Crippen LogP contribution is -2.26. The Labute approximate surface area is 173 Å². The molecule has 0 atom stereocenters. The Hall–Kier alpha value is -3.46. The fourth-order valence-electron chi connectivity index (χ4n) is 2.97. The zero-order valence-corrected chi connectivity index (χ0v) is 16.3. The van der Waals surface area contributed by atoms with Crippen molar-refractivity contribution in [3.8, 4) is 5.75 Å². The van der Waals surface area contributed by atoms with Crippen LogP contribution in [0.25, 0.3) is 10.9 Å². The maximum atomic E-state index is 14.2. The zero-order chi connectivity index (χ0) is 22.0. The minimum atomic E-state index is -1.39. The first-order valence-electron chi connectivity index (χ1n) is 8.57. The van der Waals surface area contributed by atoms with E-state index in [1.807, 2.05) is 0 Å². The lowest BCUT2D eigenvalue weighted by atomic mass is 10.1. The lowest BCUT2D eigenvalue weighted by molar-refractivity contribution is -0.120. The summed E-state index contributed by atoms with van der Waals surface area (Å²) in [5.74, 6) is -4.12. The SMILES string of the molecule is COc1ccc(F)c(CC(=O)NCc2cc(Cl)cc3cc(C(=O)O)c(=O)[nH]c23)c1F. The Kier molecular flexibility index (Phi) is 6.02.